The number of imide groups is 1. The molecule has 1 aliphatic carbocycles. The molecule has 4 heteroatoms. The highest BCUT2D eigenvalue weighted by Crippen LogP contribution is 2.47. The Bertz CT molecular complexity index is 539. The minimum absolute atomic E-state index is 0.0725. The molecule has 2 unspecified atom stereocenters. The summed E-state index contributed by atoms with van der Waals surface area (Å²) in [6.07, 6.45) is 0.716. The first-order chi connectivity index (χ1) is 8.22. The smallest absolute Gasteiger partial charge is 0.233 e. The minimum Gasteiger partial charge on any atom is -0.278 e. The van der Waals surface area contributed by atoms with Gasteiger partial charge in [0.05, 0.1) is 30.0 Å². The van der Waals surface area contributed by atoms with E-state index in [0.717, 1.165) is 5.56 Å². The van der Waals surface area contributed by atoms with E-state index in [4.69, 9.17) is 5.26 Å². The van der Waals surface area contributed by atoms with Crippen molar-refractivity contribution in [2.45, 2.75) is 13.0 Å². The van der Waals surface area contributed by atoms with Crippen LogP contribution < -0.4 is 0 Å². The summed E-state index contributed by atoms with van der Waals surface area (Å²) in [5, 5.41) is 8.95. The molecule has 2 atom stereocenters. The number of likely N-dealkylation sites (tertiary alicyclic amines) is 1. The van der Waals surface area contributed by atoms with Gasteiger partial charge in [0.2, 0.25) is 11.8 Å². The topological polar surface area (TPSA) is 61.2 Å². The van der Waals surface area contributed by atoms with Gasteiger partial charge in [-0.2, -0.15) is 5.26 Å². The zero-order chi connectivity index (χ0) is 12.0. The van der Waals surface area contributed by atoms with E-state index in [0.29, 0.717) is 12.0 Å². The van der Waals surface area contributed by atoms with E-state index in [9.17, 15) is 9.59 Å². The molecule has 0 radical (unpaired) electrons. The van der Waals surface area contributed by atoms with Crippen molar-refractivity contribution in [1.82, 2.24) is 4.90 Å². The third-order valence-electron chi connectivity index (χ3n) is 3.42. The molecule has 4 nitrogen and oxygen atoms in total. The molecular weight excluding hydrogens is 216 g/mol. The lowest BCUT2D eigenvalue weighted by Gasteiger charge is -2.16. The van der Waals surface area contributed by atoms with Gasteiger partial charge in [-0.05, 0) is 18.1 Å². The number of rotatable bonds is 2. The maximum atomic E-state index is 11.8. The fourth-order valence-electron chi connectivity index (χ4n) is 2.34. The van der Waals surface area contributed by atoms with Crippen LogP contribution in [0.1, 0.15) is 17.5 Å². The lowest BCUT2D eigenvalue weighted by molar-refractivity contribution is -0.142. The van der Waals surface area contributed by atoms with E-state index in [-0.39, 0.29) is 30.2 Å². The third-order valence-corrected chi connectivity index (χ3v) is 3.42. The number of piperidine rings is 1. The van der Waals surface area contributed by atoms with Crippen LogP contribution in [0, 0.1) is 23.2 Å². The second-order valence-corrected chi connectivity index (χ2v) is 4.48. The van der Waals surface area contributed by atoms with Crippen molar-refractivity contribution in [2.24, 2.45) is 11.8 Å². The molecule has 1 aliphatic heterocycles. The average Bonchev–Trinajstić information content (AvgIpc) is 3.10. The quantitative estimate of drug-likeness (QED) is 0.708. The van der Waals surface area contributed by atoms with Crippen molar-refractivity contribution in [1.29, 1.82) is 5.26 Å². The standard InChI is InChI=1S/C13H10N2O2/c14-6-8-3-1-2-4-9(8)7-15-12(16)10-5-11(10)13(15)17/h1-4,10-11H,5,7H2. The summed E-state index contributed by atoms with van der Waals surface area (Å²) in [6, 6.07) is 9.13. The number of hydrogen-bond donors (Lipinski definition) is 0. The van der Waals surface area contributed by atoms with Crippen molar-refractivity contribution < 1.29 is 9.59 Å². The fourth-order valence-corrected chi connectivity index (χ4v) is 2.34. The molecule has 17 heavy (non-hydrogen) atoms. The normalized spacial score (nSPS) is 25.7. The van der Waals surface area contributed by atoms with Gasteiger partial charge in [0.25, 0.3) is 0 Å². The lowest BCUT2D eigenvalue weighted by Crippen LogP contribution is -2.32. The first-order valence-corrected chi connectivity index (χ1v) is 5.55. The van der Waals surface area contributed by atoms with Gasteiger partial charge in [0.15, 0.2) is 0 Å². The molecule has 0 N–H and O–H groups in total. The summed E-state index contributed by atoms with van der Waals surface area (Å²) in [5.74, 6) is -0.297. The Hall–Kier alpha value is -2.15. The molecule has 1 saturated carbocycles. The van der Waals surface area contributed by atoms with Crippen LogP contribution in [-0.4, -0.2) is 16.7 Å². The van der Waals surface area contributed by atoms with E-state index in [1.165, 1.54) is 4.90 Å². The van der Waals surface area contributed by atoms with Crippen LogP contribution in [0.4, 0.5) is 0 Å². The summed E-state index contributed by atoms with van der Waals surface area (Å²) in [6.45, 7) is 0.231. The van der Waals surface area contributed by atoms with E-state index in [1.807, 2.05) is 6.07 Å². The summed E-state index contributed by atoms with van der Waals surface area (Å²) < 4.78 is 0. The lowest BCUT2D eigenvalue weighted by atomic mass is 10.1. The zero-order valence-electron chi connectivity index (χ0n) is 9.09. The number of nitriles is 1. The summed E-state index contributed by atoms with van der Waals surface area (Å²) >= 11 is 0. The van der Waals surface area contributed by atoms with Gasteiger partial charge in [0, 0.05) is 0 Å². The minimum atomic E-state index is -0.0762. The van der Waals surface area contributed by atoms with Crippen molar-refractivity contribution in [2.75, 3.05) is 0 Å². The van der Waals surface area contributed by atoms with E-state index in [2.05, 4.69) is 6.07 Å². The maximum Gasteiger partial charge on any atom is 0.233 e. The van der Waals surface area contributed by atoms with Gasteiger partial charge in [-0.3, -0.25) is 14.5 Å². The predicted octanol–water partition coefficient (Wildman–Crippen LogP) is 1.06. The number of carbonyl (C=O) groups is 2. The Morgan fingerprint density at radius 3 is 2.53 bits per heavy atom. The van der Waals surface area contributed by atoms with Gasteiger partial charge in [-0.15, -0.1) is 0 Å². The van der Waals surface area contributed by atoms with Crippen LogP contribution >= 0.6 is 0 Å². The molecule has 1 aromatic rings. The predicted molar refractivity (Wildman–Crippen MR) is 58.3 cm³/mol. The highest BCUT2D eigenvalue weighted by atomic mass is 16.2. The Kier molecular flexibility index (Phi) is 2.02. The van der Waals surface area contributed by atoms with Crippen LogP contribution in [0.5, 0.6) is 0 Å². The Morgan fingerprint density at radius 2 is 1.88 bits per heavy atom. The summed E-state index contributed by atoms with van der Waals surface area (Å²) in [4.78, 5) is 24.9. The molecule has 84 valence electrons. The first-order valence-electron chi connectivity index (χ1n) is 5.55. The Balaban J connectivity index is 1.86. The van der Waals surface area contributed by atoms with Crippen molar-refractivity contribution in [3.8, 4) is 6.07 Å². The van der Waals surface area contributed by atoms with Crippen molar-refractivity contribution in [3.05, 3.63) is 35.4 Å². The van der Waals surface area contributed by atoms with E-state index >= 15 is 0 Å². The van der Waals surface area contributed by atoms with Crippen LogP contribution in [-0.2, 0) is 16.1 Å². The van der Waals surface area contributed by atoms with Gasteiger partial charge >= 0.3 is 0 Å². The summed E-state index contributed by atoms with van der Waals surface area (Å²) in [7, 11) is 0. The largest absolute Gasteiger partial charge is 0.278 e. The van der Waals surface area contributed by atoms with Gasteiger partial charge < -0.3 is 0 Å². The SMILES string of the molecule is N#Cc1ccccc1CN1C(=O)C2CC2C1=O. The molecule has 0 spiro atoms. The number of amides is 2. The first kappa shape index (κ1) is 10.0. The highest BCUT2D eigenvalue weighted by Gasteiger charge is 2.58. The molecule has 1 saturated heterocycles. The van der Waals surface area contributed by atoms with Crippen LogP contribution in [0.15, 0.2) is 24.3 Å². The van der Waals surface area contributed by atoms with Gasteiger partial charge in [-0.25, -0.2) is 0 Å². The van der Waals surface area contributed by atoms with Crippen LogP contribution in [0.3, 0.4) is 0 Å². The average molecular weight is 226 g/mol. The monoisotopic (exact) mass is 226 g/mol. The molecule has 3 rings (SSSR count). The third kappa shape index (κ3) is 1.43. The second-order valence-electron chi connectivity index (χ2n) is 4.48. The molecular formula is C13H10N2O2. The molecule has 2 aliphatic rings. The Morgan fingerprint density at radius 1 is 1.24 bits per heavy atom. The van der Waals surface area contributed by atoms with Crippen molar-refractivity contribution >= 4 is 11.8 Å². The number of benzene rings is 1. The van der Waals surface area contributed by atoms with E-state index in [1.54, 1.807) is 18.2 Å². The molecule has 0 bridgehead atoms. The maximum absolute atomic E-state index is 11.8. The van der Waals surface area contributed by atoms with E-state index < -0.39 is 0 Å². The number of fused-ring (bicyclic) bond motifs is 1. The van der Waals surface area contributed by atoms with Gasteiger partial charge in [-0.1, -0.05) is 18.2 Å². The Labute approximate surface area is 98.4 Å². The van der Waals surface area contributed by atoms with Crippen LogP contribution in [0.2, 0.25) is 0 Å². The molecule has 2 fully saturated rings. The molecule has 1 heterocycles. The second kappa shape index (κ2) is 3.42. The number of hydrogen-bond acceptors (Lipinski definition) is 3. The number of carbonyl (C=O) groups excluding carboxylic acids is 2. The fraction of sp³-hybridized carbons (Fsp3) is 0.308. The molecule has 2 amide bonds. The molecule has 1 aromatic carbocycles. The summed E-state index contributed by atoms with van der Waals surface area (Å²) in [5.41, 5.74) is 1.26. The van der Waals surface area contributed by atoms with Gasteiger partial charge in [0.1, 0.15) is 0 Å². The zero-order valence-corrected chi connectivity index (χ0v) is 9.09. The molecule has 0 aromatic heterocycles. The highest BCUT2D eigenvalue weighted by molar-refractivity contribution is 6.08. The van der Waals surface area contributed by atoms with Crippen molar-refractivity contribution in [3.63, 3.8) is 0 Å². The van der Waals surface area contributed by atoms with Crippen LogP contribution in [0.25, 0.3) is 0 Å². The number of nitrogens with zero attached hydrogens (tertiary/aromatic N) is 2.